The predicted octanol–water partition coefficient (Wildman–Crippen LogP) is 5.01. The van der Waals surface area contributed by atoms with Crippen LogP contribution in [-0.4, -0.2) is 5.11 Å². The minimum atomic E-state index is -0.331. The maximum atomic E-state index is 13.6. The normalized spacial score (nSPS) is 10.2. The molecule has 0 radical (unpaired) electrons. The molecule has 0 unspecified atom stereocenters. The summed E-state index contributed by atoms with van der Waals surface area (Å²) in [5, 5.41) is 6.25. The minimum absolute atomic E-state index is 0.331. The Balaban J connectivity index is 2.11. The third-order valence-electron chi connectivity index (χ3n) is 2.74. The van der Waals surface area contributed by atoms with E-state index in [4.69, 9.17) is 12.2 Å². The summed E-state index contributed by atoms with van der Waals surface area (Å²) in [7, 11) is 0. The molecule has 2 aromatic carbocycles. The largest absolute Gasteiger partial charge is 0.332 e. The van der Waals surface area contributed by atoms with E-state index in [0.717, 1.165) is 21.3 Å². The molecule has 0 amide bonds. The van der Waals surface area contributed by atoms with Crippen molar-refractivity contribution < 1.29 is 4.39 Å². The first-order valence-electron chi connectivity index (χ1n) is 6.06. The molecule has 0 atom stereocenters. The molecule has 0 aromatic heterocycles. The Labute approximate surface area is 131 Å². The molecule has 0 aliphatic heterocycles. The van der Waals surface area contributed by atoms with Gasteiger partial charge in [0.2, 0.25) is 0 Å². The van der Waals surface area contributed by atoms with Crippen molar-refractivity contribution in [3.8, 4) is 0 Å². The maximum absolute atomic E-state index is 13.6. The Morgan fingerprint density at radius 3 is 2.30 bits per heavy atom. The SMILES string of the molecule is Cc1ccc(NC(=S)Nc2cc(C)ccc2F)c(Br)c1. The molecule has 0 bridgehead atoms. The standard InChI is InChI=1S/C15H14BrFN2S/c1-9-4-6-13(11(16)7-9)18-15(20)19-14-8-10(2)3-5-12(14)17/h3-8H,1-2H3,(H2,18,19,20). The number of hydrogen-bond donors (Lipinski definition) is 2. The Morgan fingerprint density at radius 2 is 1.60 bits per heavy atom. The van der Waals surface area contributed by atoms with Crippen molar-refractivity contribution in [2.45, 2.75) is 13.8 Å². The molecular weight excluding hydrogens is 339 g/mol. The van der Waals surface area contributed by atoms with Gasteiger partial charge in [-0.15, -0.1) is 0 Å². The van der Waals surface area contributed by atoms with Crippen LogP contribution in [0.5, 0.6) is 0 Å². The first-order valence-corrected chi connectivity index (χ1v) is 7.26. The van der Waals surface area contributed by atoms with Gasteiger partial charge in [0, 0.05) is 4.47 Å². The summed E-state index contributed by atoms with van der Waals surface area (Å²) in [5.41, 5.74) is 3.31. The van der Waals surface area contributed by atoms with Crippen LogP contribution in [0.15, 0.2) is 40.9 Å². The van der Waals surface area contributed by atoms with Crippen LogP contribution in [0.4, 0.5) is 15.8 Å². The first-order chi connectivity index (χ1) is 9.45. The van der Waals surface area contributed by atoms with Crippen LogP contribution in [0.2, 0.25) is 0 Å². The Bertz CT molecular complexity index is 658. The molecule has 0 saturated carbocycles. The average Bonchev–Trinajstić information content (AvgIpc) is 2.37. The average molecular weight is 353 g/mol. The molecule has 0 fully saturated rings. The van der Waals surface area contributed by atoms with Gasteiger partial charge in [-0.1, -0.05) is 12.1 Å². The van der Waals surface area contributed by atoms with Crippen molar-refractivity contribution in [1.29, 1.82) is 0 Å². The highest BCUT2D eigenvalue weighted by molar-refractivity contribution is 9.10. The number of thiocarbonyl (C=S) groups is 1. The lowest BCUT2D eigenvalue weighted by Crippen LogP contribution is -2.20. The second kappa shape index (κ2) is 6.33. The Hall–Kier alpha value is -1.46. The second-order valence-corrected chi connectivity index (χ2v) is 5.81. The van der Waals surface area contributed by atoms with Crippen molar-refractivity contribution in [3.63, 3.8) is 0 Å². The van der Waals surface area contributed by atoms with E-state index < -0.39 is 0 Å². The molecule has 2 rings (SSSR count). The summed E-state index contributed by atoms with van der Waals surface area (Å²) < 4.78 is 14.6. The molecule has 20 heavy (non-hydrogen) atoms. The molecule has 0 aliphatic rings. The van der Waals surface area contributed by atoms with Gasteiger partial charge < -0.3 is 10.6 Å². The van der Waals surface area contributed by atoms with E-state index in [2.05, 4.69) is 26.6 Å². The van der Waals surface area contributed by atoms with E-state index >= 15 is 0 Å². The van der Waals surface area contributed by atoms with Gasteiger partial charge in [0.25, 0.3) is 0 Å². The van der Waals surface area contributed by atoms with Gasteiger partial charge >= 0.3 is 0 Å². The third kappa shape index (κ3) is 3.77. The van der Waals surface area contributed by atoms with Crippen molar-refractivity contribution in [3.05, 3.63) is 57.8 Å². The summed E-state index contributed by atoms with van der Waals surface area (Å²) in [6.45, 7) is 3.91. The molecule has 2 aromatic rings. The van der Waals surface area contributed by atoms with E-state index in [-0.39, 0.29) is 5.82 Å². The zero-order chi connectivity index (χ0) is 14.7. The molecule has 0 saturated heterocycles. The number of benzene rings is 2. The highest BCUT2D eigenvalue weighted by Crippen LogP contribution is 2.24. The number of rotatable bonds is 2. The number of halogens is 2. The topological polar surface area (TPSA) is 24.1 Å². The van der Waals surface area contributed by atoms with E-state index in [9.17, 15) is 4.39 Å². The lowest BCUT2D eigenvalue weighted by molar-refractivity contribution is 0.632. The van der Waals surface area contributed by atoms with Gasteiger partial charge in [0.05, 0.1) is 11.4 Å². The molecule has 2 nitrogen and oxygen atoms in total. The fourth-order valence-electron chi connectivity index (χ4n) is 1.73. The van der Waals surface area contributed by atoms with Gasteiger partial charge in [0.15, 0.2) is 5.11 Å². The lowest BCUT2D eigenvalue weighted by atomic mass is 10.2. The summed E-state index contributed by atoms with van der Waals surface area (Å²) >= 11 is 8.67. The molecule has 2 N–H and O–H groups in total. The van der Waals surface area contributed by atoms with E-state index in [0.29, 0.717) is 10.8 Å². The molecule has 0 heterocycles. The van der Waals surface area contributed by atoms with Crippen LogP contribution in [0.1, 0.15) is 11.1 Å². The zero-order valence-electron chi connectivity index (χ0n) is 11.1. The van der Waals surface area contributed by atoms with Crippen LogP contribution in [0.25, 0.3) is 0 Å². The summed E-state index contributed by atoms with van der Waals surface area (Å²) in [5.74, 6) is -0.331. The van der Waals surface area contributed by atoms with E-state index in [1.165, 1.54) is 6.07 Å². The first kappa shape index (κ1) is 14.9. The molecular formula is C15H14BrFN2S. The highest BCUT2D eigenvalue weighted by Gasteiger charge is 2.06. The smallest absolute Gasteiger partial charge is 0.175 e. The number of aryl methyl sites for hydroxylation is 2. The van der Waals surface area contributed by atoms with Crippen molar-refractivity contribution in [1.82, 2.24) is 0 Å². The van der Waals surface area contributed by atoms with Crippen LogP contribution in [0, 0.1) is 19.7 Å². The zero-order valence-corrected chi connectivity index (χ0v) is 13.5. The van der Waals surface area contributed by atoms with E-state index in [1.807, 2.05) is 32.0 Å². The van der Waals surface area contributed by atoms with E-state index in [1.54, 1.807) is 12.1 Å². The van der Waals surface area contributed by atoms with Gasteiger partial charge in [-0.05, 0) is 77.4 Å². The quantitative estimate of drug-likeness (QED) is 0.742. The molecule has 0 spiro atoms. The van der Waals surface area contributed by atoms with Gasteiger partial charge in [-0.3, -0.25) is 0 Å². The second-order valence-electron chi connectivity index (χ2n) is 4.55. The summed E-state index contributed by atoms with van der Waals surface area (Å²) in [6, 6.07) is 10.7. The highest BCUT2D eigenvalue weighted by atomic mass is 79.9. The fourth-order valence-corrected chi connectivity index (χ4v) is 2.54. The van der Waals surface area contributed by atoms with Gasteiger partial charge in [-0.25, -0.2) is 4.39 Å². The fraction of sp³-hybridized carbons (Fsp3) is 0.133. The van der Waals surface area contributed by atoms with Gasteiger partial charge in [-0.2, -0.15) is 0 Å². The molecule has 5 heteroatoms. The number of nitrogens with one attached hydrogen (secondary N) is 2. The lowest BCUT2D eigenvalue weighted by Gasteiger charge is -2.13. The van der Waals surface area contributed by atoms with Crippen molar-refractivity contribution in [2.75, 3.05) is 10.6 Å². The van der Waals surface area contributed by atoms with Crippen LogP contribution >= 0.6 is 28.1 Å². The predicted molar refractivity (Wildman–Crippen MR) is 89.9 cm³/mol. The maximum Gasteiger partial charge on any atom is 0.175 e. The Morgan fingerprint density at radius 1 is 1.00 bits per heavy atom. The third-order valence-corrected chi connectivity index (χ3v) is 3.60. The number of hydrogen-bond acceptors (Lipinski definition) is 1. The monoisotopic (exact) mass is 352 g/mol. The van der Waals surface area contributed by atoms with Crippen molar-refractivity contribution >= 4 is 44.6 Å². The summed E-state index contributed by atoms with van der Waals surface area (Å²) in [4.78, 5) is 0. The van der Waals surface area contributed by atoms with Crippen LogP contribution in [-0.2, 0) is 0 Å². The van der Waals surface area contributed by atoms with Crippen LogP contribution in [0.3, 0.4) is 0 Å². The minimum Gasteiger partial charge on any atom is -0.332 e. The molecule has 0 aliphatic carbocycles. The Kier molecular flexibility index (Phi) is 4.73. The number of anilines is 2. The summed E-state index contributed by atoms with van der Waals surface area (Å²) in [6.07, 6.45) is 0. The van der Waals surface area contributed by atoms with Crippen LogP contribution < -0.4 is 10.6 Å². The van der Waals surface area contributed by atoms with Gasteiger partial charge in [0.1, 0.15) is 5.82 Å². The van der Waals surface area contributed by atoms with Crippen molar-refractivity contribution in [2.24, 2.45) is 0 Å². The molecule has 104 valence electrons.